The summed E-state index contributed by atoms with van der Waals surface area (Å²) < 4.78 is 14.2. The number of rotatable bonds is 4. The lowest BCUT2D eigenvalue weighted by Crippen LogP contribution is -2.31. The Morgan fingerprint density at radius 2 is 1.90 bits per heavy atom. The Kier molecular flexibility index (Phi) is 3.79. The molecule has 2 aromatic rings. The molecule has 6 nitrogen and oxygen atoms in total. The topological polar surface area (TPSA) is 92.2 Å². The molecule has 0 spiro atoms. The average Bonchev–Trinajstić information content (AvgIpc) is 2.37. The molecule has 0 aliphatic rings. The zero-order valence-corrected chi connectivity index (χ0v) is 10.3. The summed E-state index contributed by atoms with van der Waals surface area (Å²) in [5, 5.41) is 8.82. The maximum absolute atomic E-state index is 13.2. The minimum Gasteiger partial charge on any atom is -0.481 e. The quantitative estimate of drug-likeness (QED) is 0.844. The number of aromatic nitrogens is 2. The van der Waals surface area contributed by atoms with Gasteiger partial charge in [0, 0.05) is 0 Å². The van der Waals surface area contributed by atoms with Crippen molar-refractivity contribution in [3.63, 3.8) is 0 Å². The Morgan fingerprint density at radius 3 is 2.55 bits per heavy atom. The smallest absolute Gasteiger partial charge is 0.328 e. The summed E-state index contributed by atoms with van der Waals surface area (Å²) in [6.45, 7) is -0.0179. The van der Waals surface area contributed by atoms with Crippen LogP contribution in [0.2, 0.25) is 0 Å². The summed E-state index contributed by atoms with van der Waals surface area (Å²) in [6, 6.07) is 6.63. The first-order valence-corrected chi connectivity index (χ1v) is 5.75. The Morgan fingerprint density at radius 1 is 1.25 bits per heavy atom. The number of nitrogens with zero attached hydrogens (tertiary/aromatic N) is 1. The highest BCUT2D eigenvalue weighted by atomic mass is 19.1. The van der Waals surface area contributed by atoms with Gasteiger partial charge in [-0.1, -0.05) is 24.3 Å². The lowest BCUT2D eigenvalue weighted by Gasteiger charge is -2.09. The molecule has 1 heterocycles. The minimum absolute atomic E-state index is 0.0179. The van der Waals surface area contributed by atoms with Gasteiger partial charge in [-0.2, -0.15) is 4.39 Å². The predicted octanol–water partition coefficient (Wildman–Crippen LogP) is 0.351. The number of carboxylic acid groups (broad SMARTS) is 1. The van der Waals surface area contributed by atoms with E-state index >= 15 is 0 Å². The van der Waals surface area contributed by atoms with Crippen molar-refractivity contribution >= 4 is 5.97 Å². The molecule has 2 rings (SSSR count). The van der Waals surface area contributed by atoms with Crippen LogP contribution in [-0.4, -0.2) is 20.6 Å². The summed E-state index contributed by atoms with van der Waals surface area (Å²) in [5.74, 6) is -2.07. The van der Waals surface area contributed by atoms with Crippen LogP contribution in [-0.2, 0) is 17.8 Å². The van der Waals surface area contributed by atoms with Crippen LogP contribution in [0.4, 0.5) is 4.39 Å². The number of H-pyrrole nitrogens is 1. The second-order valence-corrected chi connectivity index (χ2v) is 4.20. The maximum Gasteiger partial charge on any atom is 0.328 e. The minimum atomic E-state index is -1.08. The molecule has 0 amide bonds. The van der Waals surface area contributed by atoms with Crippen LogP contribution < -0.4 is 11.2 Å². The van der Waals surface area contributed by atoms with Crippen LogP contribution in [0.5, 0.6) is 0 Å². The van der Waals surface area contributed by atoms with E-state index < -0.39 is 23.0 Å². The van der Waals surface area contributed by atoms with Gasteiger partial charge >= 0.3 is 11.7 Å². The van der Waals surface area contributed by atoms with Crippen LogP contribution in [0.25, 0.3) is 0 Å². The molecule has 1 aromatic carbocycles. The Balaban J connectivity index is 2.40. The van der Waals surface area contributed by atoms with Crippen molar-refractivity contribution in [1.29, 1.82) is 0 Å². The monoisotopic (exact) mass is 278 g/mol. The summed E-state index contributed by atoms with van der Waals surface area (Å²) in [6.07, 6.45) is 0.607. The molecule has 0 fully saturated rings. The first kappa shape index (κ1) is 13.7. The lowest BCUT2D eigenvalue weighted by atomic mass is 10.0. The Labute approximate surface area is 112 Å². The molecule has 1 aromatic heterocycles. The first-order chi connectivity index (χ1) is 9.47. The lowest BCUT2D eigenvalue weighted by molar-refractivity contribution is -0.136. The fraction of sp³-hybridized carbons (Fsp3) is 0.154. The summed E-state index contributed by atoms with van der Waals surface area (Å²) in [4.78, 5) is 35.1. The van der Waals surface area contributed by atoms with Crippen molar-refractivity contribution in [2.75, 3.05) is 0 Å². The second kappa shape index (κ2) is 5.52. The van der Waals surface area contributed by atoms with Gasteiger partial charge in [-0.15, -0.1) is 0 Å². The summed E-state index contributed by atoms with van der Waals surface area (Å²) in [7, 11) is 0. The number of benzene rings is 1. The highest BCUT2D eigenvalue weighted by Crippen LogP contribution is 2.10. The van der Waals surface area contributed by atoms with E-state index in [1.54, 1.807) is 24.3 Å². The average molecular weight is 278 g/mol. The largest absolute Gasteiger partial charge is 0.481 e. The fourth-order valence-electron chi connectivity index (χ4n) is 1.83. The van der Waals surface area contributed by atoms with E-state index in [0.29, 0.717) is 11.1 Å². The van der Waals surface area contributed by atoms with Gasteiger partial charge in [0.2, 0.25) is 5.82 Å². The molecular weight excluding hydrogens is 267 g/mol. The number of aromatic amines is 1. The van der Waals surface area contributed by atoms with E-state index in [9.17, 15) is 18.8 Å². The molecular formula is C13H11FN2O4. The van der Waals surface area contributed by atoms with Crippen LogP contribution in [0.15, 0.2) is 40.1 Å². The number of hydrogen-bond donors (Lipinski definition) is 2. The highest BCUT2D eigenvalue weighted by molar-refractivity contribution is 5.70. The van der Waals surface area contributed by atoms with E-state index in [2.05, 4.69) is 0 Å². The van der Waals surface area contributed by atoms with Gasteiger partial charge in [0.05, 0.1) is 19.2 Å². The number of nitrogens with one attached hydrogen (secondary N) is 1. The van der Waals surface area contributed by atoms with Gasteiger partial charge < -0.3 is 5.11 Å². The number of aliphatic carboxylic acids is 1. The molecule has 0 aliphatic heterocycles. The third-order valence-corrected chi connectivity index (χ3v) is 2.77. The third-order valence-electron chi connectivity index (χ3n) is 2.77. The highest BCUT2D eigenvalue weighted by Gasteiger charge is 2.09. The van der Waals surface area contributed by atoms with E-state index in [-0.39, 0.29) is 13.0 Å². The van der Waals surface area contributed by atoms with Crippen molar-refractivity contribution in [3.05, 3.63) is 68.2 Å². The van der Waals surface area contributed by atoms with Crippen molar-refractivity contribution in [3.8, 4) is 0 Å². The molecule has 104 valence electrons. The molecule has 0 radical (unpaired) electrons. The zero-order valence-electron chi connectivity index (χ0n) is 10.3. The predicted molar refractivity (Wildman–Crippen MR) is 68.2 cm³/mol. The summed E-state index contributed by atoms with van der Waals surface area (Å²) >= 11 is 0. The molecule has 0 saturated carbocycles. The molecule has 0 bridgehead atoms. The van der Waals surface area contributed by atoms with Gasteiger partial charge in [0.25, 0.3) is 5.56 Å². The molecule has 20 heavy (non-hydrogen) atoms. The number of carboxylic acids is 1. The third kappa shape index (κ3) is 3.00. The van der Waals surface area contributed by atoms with E-state index in [1.165, 1.54) is 0 Å². The molecule has 0 unspecified atom stereocenters. The van der Waals surface area contributed by atoms with Crippen LogP contribution in [0.1, 0.15) is 11.1 Å². The van der Waals surface area contributed by atoms with Crippen LogP contribution in [0, 0.1) is 5.82 Å². The summed E-state index contributed by atoms with van der Waals surface area (Å²) in [5.41, 5.74) is -0.728. The fourth-order valence-corrected chi connectivity index (χ4v) is 1.83. The Hall–Kier alpha value is -2.70. The SMILES string of the molecule is O=C(O)Cc1ccccc1Cn1cc(F)c(=O)[nH]c1=O. The van der Waals surface area contributed by atoms with E-state index in [1.807, 2.05) is 4.98 Å². The van der Waals surface area contributed by atoms with Crippen LogP contribution >= 0.6 is 0 Å². The van der Waals surface area contributed by atoms with Gasteiger partial charge in [-0.3, -0.25) is 19.1 Å². The first-order valence-electron chi connectivity index (χ1n) is 5.75. The number of carbonyl (C=O) groups is 1. The normalized spacial score (nSPS) is 10.4. The second-order valence-electron chi connectivity index (χ2n) is 4.20. The van der Waals surface area contributed by atoms with Crippen molar-refractivity contribution in [2.24, 2.45) is 0 Å². The molecule has 2 N–H and O–H groups in total. The van der Waals surface area contributed by atoms with Gasteiger partial charge in [0.15, 0.2) is 0 Å². The Bertz CT molecular complexity index is 763. The maximum atomic E-state index is 13.2. The van der Waals surface area contributed by atoms with Gasteiger partial charge in [-0.05, 0) is 11.1 Å². The van der Waals surface area contributed by atoms with E-state index in [0.717, 1.165) is 10.8 Å². The molecule has 0 aliphatic carbocycles. The van der Waals surface area contributed by atoms with Crippen molar-refractivity contribution in [2.45, 2.75) is 13.0 Å². The molecule has 7 heteroatoms. The van der Waals surface area contributed by atoms with E-state index in [4.69, 9.17) is 5.11 Å². The van der Waals surface area contributed by atoms with Gasteiger partial charge in [-0.25, -0.2) is 4.79 Å². The van der Waals surface area contributed by atoms with Crippen LogP contribution in [0.3, 0.4) is 0 Å². The number of hydrogen-bond acceptors (Lipinski definition) is 3. The van der Waals surface area contributed by atoms with Gasteiger partial charge in [0.1, 0.15) is 0 Å². The van der Waals surface area contributed by atoms with Crippen molar-refractivity contribution < 1.29 is 14.3 Å². The standard InChI is InChI=1S/C13H11FN2O4/c14-10-7-16(13(20)15-12(10)19)6-9-4-2-1-3-8(9)5-11(17)18/h1-4,7H,5-6H2,(H,17,18)(H,15,19,20). The molecule has 0 saturated heterocycles. The number of halogens is 1. The van der Waals surface area contributed by atoms with Crippen molar-refractivity contribution in [1.82, 2.24) is 9.55 Å². The molecule has 0 atom stereocenters. The zero-order chi connectivity index (χ0) is 14.7.